The molecule has 2 aromatic rings. The van der Waals surface area contributed by atoms with E-state index in [4.69, 9.17) is 0 Å². The fourth-order valence-corrected chi connectivity index (χ4v) is 4.94. The van der Waals surface area contributed by atoms with Crippen molar-refractivity contribution in [3.05, 3.63) is 77.2 Å². The van der Waals surface area contributed by atoms with Crippen molar-refractivity contribution in [2.24, 2.45) is 0 Å². The molecule has 0 amide bonds. The molecule has 0 bridgehead atoms. The molecule has 2 saturated heterocycles. The second-order valence-electron chi connectivity index (χ2n) is 9.51. The molecule has 2 aliphatic heterocycles. The number of hydrogen-bond donors (Lipinski definition) is 2. The highest BCUT2D eigenvalue weighted by Crippen LogP contribution is 2.22. The minimum absolute atomic E-state index is 0.190. The minimum atomic E-state index is -0.190. The van der Waals surface area contributed by atoms with E-state index in [1.807, 2.05) is 6.07 Å². The van der Waals surface area contributed by atoms with E-state index in [9.17, 15) is 4.39 Å². The zero-order chi connectivity index (χ0) is 22.5. The smallest absolute Gasteiger partial charge is 0.125 e. The Morgan fingerprint density at radius 1 is 1.16 bits per heavy atom. The van der Waals surface area contributed by atoms with Crippen LogP contribution in [0.15, 0.2) is 54.7 Å². The number of nitrogens with one attached hydrogen (secondary N) is 2. The summed E-state index contributed by atoms with van der Waals surface area (Å²) in [5.74, 6) is -0.190. The highest BCUT2D eigenvalue weighted by Gasteiger charge is 2.21. The lowest BCUT2D eigenvalue weighted by Gasteiger charge is -2.35. The average molecular weight is 437 g/mol. The maximum absolute atomic E-state index is 13.4. The summed E-state index contributed by atoms with van der Waals surface area (Å²) in [5, 5.41) is 6.99. The lowest BCUT2D eigenvalue weighted by atomic mass is 9.99. The molecule has 1 atom stereocenters. The van der Waals surface area contributed by atoms with Gasteiger partial charge in [0.05, 0.1) is 0 Å². The van der Waals surface area contributed by atoms with Gasteiger partial charge in [0.15, 0.2) is 0 Å². The minimum Gasteiger partial charge on any atom is -0.382 e. The number of anilines is 1. The number of benzene rings is 2. The van der Waals surface area contributed by atoms with Gasteiger partial charge in [0.1, 0.15) is 5.82 Å². The van der Waals surface area contributed by atoms with Crippen LogP contribution in [0.2, 0.25) is 0 Å². The summed E-state index contributed by atoms with van der Waals surface area (Å²) in [5.41, 5.74) is 6.20. The second-order valence-corrected chi connectivity index (χ2v) is 9.51. The number of rotatable bonds is 7. The van der Waals surface area contributed by atoms with Crippen LogP contribution in [0.1, 0.15) is 36.5 Å². The van der Waals surface area contributed by atoms with E-state index in [2.05, 4.69) is 59.1 Å². The number of aryl methyl sites for hydroxylation is 1. The second kappa shape index (κ2) is 10.5. The number of hydrogen-bond acceptors (Lipinski definition) is 4. The monoisotopic (exact) mass is 436 g/mol. The van der Waals surface area contributed by atoms with E-state index in [0.717, 1.165) is 64.2 Å². The van der Waals surface area contributed by atoms with Crippen molar-refractivity contribution < 1.29 is 4.39 Å². The Morgan fingerprint density at radius 2 is 1.97 bits per heavy atom. The van der Waals surface area contributed by atoms with Crippen LogP contribution in [0.5, 0.6) is 0 Å². The van der Waals surface area contributed by atoms with E-state index in [1.54, 1.807) is 12.1 Å². The molecule has 0 aromatic heterocycles. The number of likely N-dealkylation sites (tertiary alicyclic amines) is 1. The van der Waals surface area contributed by atoms with Crippen LogP contribution < -0.4 is 10.6 Å². The molecule has 2 aliphatic rings. The molecule has 0 radical (unpaired) electrons. The van der Waals surface area contributed by atoms with E-state index in [0.29, 0.717) is 12.1 Å². The third kappa shape index (κ3) is 6.11. The van der Waals surface area contributed by atoms with Crippen LogP contribution in [0.25, 0.3) is 0 Å². The fourth-order valence-electron chi connectivity index (χ4n) is 4.94. The lowest BCUT2D eigenvalue weighted by molar-refractivity contribution is 0.199. The summed E-state index contributed by atoms with van der Waals surface area (Å²) in [7, 11) is 0. The molecular formula is C27H37FN4. The average Bonchev–Trinajstić information content (AvgIpc) is 2.76. The molecule has 1 unspecified atom stereocenters. The SMILES string of the molecule is C=C(Cc1ccc(CN2CCNC(C)C2)c(C)c1)N1CCC(Nc2cccc(F)c2)CC1. The molecular weight excluding hydrogens is 399 g/mol. The molecule has 32 heavy (non-hydrogen) atoms. The zero-order valence-electron chi connectivity index (χ0n) is 19.5. The van der Waals surface area contributed by atoms with Crippen molar-refractivity contribution in [2.45, 2.75) is 51.7 Å². The number of piperazine rings is 1. The van der Waals surface area contributed by atoms with Gasteiger partial charge >= 0.3 is 0 Å². The van der Waals surface area contributed by atoms with Gasteiger partial charge in [0, 0.05) is 69.2 Å². The van der Waals surface area contributed by atoms with Crippen LogP contribution in [0.4, 0.5) is 10.1 Å². The quantitative estimate of drug-likeness (QED) is 0.666. The number of nitrogens with zero attached hydrogens (tertiary/aromatic N) is 2. The molecule has 0 spiro atoms. The summed E-state index contributed by atoms with van der Waals surface area (Å²) in [4.78, 5) is 4.96. The number of halogens is 1. The Kier molecular flexibility index (Phi) is 7.48. The van der Waals surface area contributed by atoms with Crippen LogP contribution in [0, 0.1) is 12.7 Å². The maximum atomic E-state index is 13.4. The maximum Gasteiger partial charge on any atom is 0.125 e. The molecule has 172 valence electrons. The fraction of sp³-hybridized carbons (Fsp3) is 0.481. The van der Waals surface area contributed by atoms with E-state index in [-0.39, 0.29) is 5.82 Å². The molecule has 0 saturated carbocycles. The van der Waals surface area contributed by atoms with Crippen molar-refractivity contribution in [3.63, 3.8) is 0 Å². The van der Waals surface area contributed by atoms with Crippen molar-refractivity contribution >= 4 is 5.69 Å². The molecule has 0 aliphatic carbocycles. The Balaban J connectivity index is 1.26. The first-order valence-electron chi connectivity index (χ1n) is 12.0. The Bertz CT molecular complexity index is 920. The van der Waals surface area contributed by atoms with Crippen LogP contribution in [-0.2, 0) is 13.0 Å². The summed E-state index contributed by atoms with van der Waals surface area (Å²) >= 11 is 0. The molecule has 2 heterocycles. The molecule has 2 N–H and O–H groups in total. The standard InChI is InChI=1S/C27H37FN4/c1-20-15-23(7-8-24(20)19-31-14-11-29-21(2)18-31)16-22(3)32-12-9-26(10-13-32)30-27-6-4-5-25(28)17-27/h4-8,15,17,21,26,29-30H,3,9-14,16,18-19H2,1-2H3. The van der Waals surface area contributed by atoms with Crippen molar-refractivity contribution in [1.82, 2.24) is 15.1 Å². The van der Waals surface area contributed by atoms with Gasteiger partial charge in [-0.1, -0.05) is 30.8 Å². The first-order valence-corrected chi connectivity index (χ1v) is 12.0. The van der Waals surface area contributed by atoms with Gasteiger partial charge in [-0.2, -0.15) is 0 Å². The Morgan fingerprint density at radius 3 is 2.69 bits per heavy atom. The third-order valence-corrected chi connectivity index (χ3v) is 6.80. The van der Waals surface area contributed by atoms with Gasteiger partial charge in [-0.3, -0.25) is 4.90 Å². The predicted molar refractivity (Wildman–Crippen MR) is 131 cm³/mol. The summed E-state index contributed by atoms with van der Waals surface area (Å²) in [6, 6.07) is 14.6. The molecule has 4 rings (SSSR count). The van der Waals surface area contributed by atoms with Crippen molar-refractivity contribution in [2.75, 3.05) is 38.0 Å². The van der Waals surface area contributed by atoms with E-state index in [1.165, 1.54) is 28.5 Å². The molecule has 2 aromatic carbocycles. The van der Waals surface area contributed by atoms with Crippen LogP contribution in [0.3, 0.4) is 0 Å². The van der Waals surface area contributed by atoms with Gasteiger partial charge in [-0.25, -0.2) is 4.39 Å². The van der Waals surface area contributed by atoms with Crippen molar-refractivity contribution in [3.8, 4) is 0 Å². The largest absolute Gasteiger partial charge is 0.382 e. The summed E-state index contributed by atoms with van der Waals surface area (Å²) in [6.45, 7) is 15.2. The van der Waals surface area contributed by atoms with Gasteiger partial charge in [-0.05, 0) is 61.6 Å². The van der Waals surface area contributed by atoms with Crippen LogP contribution in [-0.4, -0.2) is 54.6 Å². The van der Waals surface area contributed by atoms with Crippen LogP contribution >= 0.6 is 0 Å². The van der Waals surface area contributed by atoms with Gasteiger partial charge in [0.25, 0.3) is 0 Å². The first kappa shape index (κ1) is 22.8. The normalized spacial score (nSPS) is 20.3. The van der Waals surface area contributed by atoms with Crippen molar-refractivity contribution in [1.29, 1.82) is 0 Å². The highest BCUT2D eigenvalue weighted by atomic mass is 19.1. The first-order chi connectivity index (χ1) is 15.5. The topological polar surface area (TPSA) is 30.5 Å². The van der Waals surface area contributed by atoms with Gasteiger partial charge in [-0.15, -0.1) is 0 Å². The lowest BCUT2D eigenvalue weighted by Crippen LogP contribution is -2.48. The summed E-state index contributed by atoms with van der Waals surface area (Å²) < 4.78 is 13.4. The molecule has 5 heteroatoms. The Hall–Kier alpha value is -2.37. The summed E-state index contributed by atoms with van der Waals surface area (Å²) in [6.07, 6.45) is 2.97. The van der Waals surface area contributed by atoms with E-state index < -0.39 is 0 Å². The van der Waals surface area contributed by atoms with Gasteiger partial charge < -0.3 is 15.5 Å². The molecule has 4 nitrogen and oxygen atoms in total. The van der Waals surface area contributed by atoms with Gasteiger partial charge in [0.2, 0.25) is 0 Å². The number of allylic oxidation sites excluding steroid dienone is 1. The third-order valence-electron chi connectivity index (χ3n) is 6.80. The molecule has 2 fully saturated rings. The number of piperidine rings is 1. The van der Waals surface area contributed by atoms with E-state index >= 15 is 0 Å². The Labute approximate surface area is 192 Å². The predicted octanol–water partition coefficient (Wildman–Crippen LogP) is 4.56. The zero-order valence-corrected chi connectivity index (χ0v) is 19.5. The highest BCUT2D eigenvalue weighted by molar-refractivity contribution is 5.44.